The first-order valence-electron chi connectivity index (χ1n) is 9.39. The molecule has 1 unspecified atom stereocenters. The average molecular weight is 399 g/mol. The second kappa shape index (κ2) is 8.82. The van der Waals surface area contributed by atoms with Gasteiger partial charge in [0.1, 0.15) is 5.75 Å². The van der Waals surface area contributed by atoms with Gasteiger partial charge in [-0.1, -0.05) is 17.3 Å². The molecule has 3 aromatic rings. The highest BCUT2D eigenvalue weighted by Gasteiger charge is 2.16. The highest BCUT2D eigenvalue weighted by Crippen LogP contribution is 2.23. The van der Waals surface area contributed by atoms with Crippen LogP contribution in [0, 0.1) is 0 Å². The van der Waals surface area contributed by atoms with E-state index >= 15 is 0 Å². The number of aliphatic hydroxyl groups excluding tert-OH is 1. The number of hydrogen-bond acceptors (Lipinski definition) is 9. The molecule has 0 saturated carbocycles. The Morgan fingerprint density at radius 1 is 1.24 bits per heavy atom. The van der Waals surface area contributed by atoms with Gasteiger partial charge in [-0.2, -0.15) is 9.97 Å². The van der Waals surface area contributed by atoms with Gasteiger partial charge >= 0.3 is 5.97 Å². The maximum atomic E-state index is 11.2. The Morgan fingerprint density at radius 3 is 2.72 bits per heavy atom. The zero-order valence-electron chi connectivity index (χ0n) is 16.9. The Balaban J connectivity index is 1.88. The minimum atomic E-state index is -0.539. The number of esters is 1. The van der Waals surface area contributed by atoms with Crippen molar-refractivity contribution >= 4 is 28.9 Å². The van der Waals surface area contributed by atoms with E-state index in [0.29, 0.717) is 41.8 Å². The Kier molecular flexibility index (Phi) is 6.23. The normalized spacial score (nSPS) is 12.2. The molecule has 0 bridgehead atoms. The summed E-state index contributed by atoms with van der Waals surface area (Å²) in [6.07, 6.45) is -0.539. The van der Waals surface area contributed by atoms with Crippen LogP contribution in [0.15, 0.2) is 24.3 Å². The second-order valence-electron chi connectivity index (χ2n) is 7.02. The largest absolute Gasteiger partial charge is 0.427 e. The van der Waals surface area contributed by atoms with Gasteiger partial charge in [-0.25, -0.2) is 4.68 Å². The minimum absolute atomic E-state index is 0.0766. The van der Waals surface area contributed by atoms with E-state index in [0.717, 1.165) is 5.56 Å². The number of rotatable bonds is 8. The van der Waals surface area contributed by atoms with Gasteiger partial charge in [0.25, 0.3) is 0 Å². The number of nitrogens with one attached hydrogen (secondary N) is 2. The lowest BCUT2D eigenvalue weighted by Crippen LogP contribution is -2.18. The van der Waals surface area contributed by atoms with Crippen molar-refractivity contribution in [2.45, 2.75) is 46.4 Å². The molecule has 0 aliphatic rings. The number of ether oxygens (including phenoxy) is 1. The minimum Gasteiger partial charge on any atom is -0.427 e. The van der Waals surface area contributed by atoms with Crippen LogP contribution in [0.4, 0.5) is 11.8 Å². The van der Waals surface area contributed by atoms with Crippen LogP contribution in [-0.4, -0.2) is 48.7 Å². The van der Waals surface area contributed by atoms with Crippen molar-refractivity contribution in [1.29, 1.82) is 0 Å². The number of hydrogen-bond donors (Lipinski definition) is 3. The van der Waals surface area contributed by atoms with E-state index in [1.165, 1.54) is 6.92 Å². The number of fused-ring (bicyclic) bond motifs is 1. The van der Waals surface area contributed by atoms with Gasteiger partial charge in [-0.15, -0.1) is 5.10 Å². The molecule has 1 atom stereocenters. The Hall–Kier alpha value is -3.27. The van der Waals surface area contributed by atoms with Crippen molar-refractivity contribution in [2.24, 2.45) is 0 Å². The molecule has 3 rings (SSSR count). The molecule has 2 heterocycles. The summed E-state index contributed by atoms with van der Waals surface area (Å²) in [6.45, 7) is 7.78. The lowest BCUT2D eigenvalue weighted by atomic mass is 10.2. The Labute approximate surface area is 168 Å². The molecule has 1 aromatic carbocycles. The standard InChI is InChI=1S/C19H25N7O3/c1-11(2)26-18-16(24-25-26)17(22-19(23-18)21-9-12(3)27)20-10-14-6-5-7-15(8-14)29-13(4)28/h5-8,11-12,27H,9-10H2,1-4H3,(H2,20,21,22,23). The van der Waals surface area contributed by atoms with Crippen LogP contribution < -0.4 is 15.4 Å². The summed E-state index contributed by atoms with van der Waals surface area (Å²) in [5.74, 6) is 1.01. The summed E-state index contributed by atoms with van der Waals surface area (Å²) in [4.78, 5) is 20.1. The number of anilines is 2. The van der Waals surface area contributed by atoms with E-state index < -0.39 is 6.10 Å². The quantitative estimate of drug-likeness (QED) is 0.385. The number of carbonyl (C=O) groups excluding carboxylic acids is 1. The van der Waals surface area contributed by atoms with Crippen LogP contribution in [-0.2, 0) is 11.3 Å². The van der Waals surface area contributed by atoms with Gasteiger partial charge in [-0.3, -0.25) is 4.79 Å². The van der Waals surface area contributed by atoms with Gasteiger partial charge < -0.3 is 20.5 Å². The van der Waals surface area contributed by atoms with Crippen molar-refractivity contribution in [3.8, 4) is 5.75 Å². The van der Waals surface area contributed by atoms with E-state index in [2.05, 4.69) is 30.9 Å². The van der Waals surface area contributed by atoms with Crippen molar-refractivity contribution < 1.29 is 14.6 Å². The van der Waals surface area contributed by atoms with Crippen molar-refractivity contribution in [3.05, 3.63) is 29.8 Å². The highest BCUT2D eigenvalue weighted by molar-refractivity contribution is 5.83. The second-order valence-corrected chi connectivity index (χ2v) is 7.02. The van der Waals surface area contributed by atoms with E-state index in [1.54, 1.807) is 23.7 Å². The Morgan fingerprint density at radius 2 is 2.03 bits per heavy atom. The number of nitrogens with zero attached hydrogens (tertiary/aromatic N) is 5. The lowest BCUT2D eigenvalue weighted by molar-refractivity contribution is -0.131. The van der Waals surface area contributed by atoms with Crippen LogP contribution in [0.1, 0.15) is 39.3 Å². The molecule has 2 aromatic heterocycles. The molecule has 0 aliphatic heterocycles. The summed E-state index contributed by atoms with van der Waals surface area (Å²) < 4.78 is 6.85. The van der Waals surface area contributed by atoms with Gasteiger partial charge in [0.15, 0.2) is 17.0 Å². The molecule has 3 N–H and O–H groups in total. The molecular formula is C19H25N7O3. The van der Waals surface area contributed by atoms with E-state index in [9.17, 15) is 9.90 Å². The maximum Gasteiger partial charge on any atom is 0.308 e. The summed E-state index contributed by atoms with van der Waals surface area (Å²) in [5, 5.41) is 24.2. The summed E-state index contributed by atoms with van der Waals surface area (Å²) in [6, 6.07) is 7.31. The monoisotopic (exact) mass is 399 g/mol. The fraction of sp³-hybridized carbons (Fsp3) is 0.421. The predicted octanol–water partition coefficient (Wildman–Crippen LogP) is 2.13. The average Bonchev–Trinajstić information content (AvgIpc) is 3.08. The summed E-state index contributed by atoms with van der Waals surface area (Å²) in [7, 11) is 0. The molecule has 0 saturated heterocycles. The topological polar surface area (TPSA) is 127 Å². The molecule has 0 radical (unpaired) electrons. The maximum absolute atomic E-state index is 11.2. The highest BCUT2D eigenvalue weighted by atomic mass is 16.5. The fourth-order valence-corrected chi connectivity index (χ4v) is 2.69. The smallest absolute Gasteiger partial charge is 0.308 e. The van der Waals surface area contributed by atoms with Crippen molar-refractivity contribution in [1.82, 2.24) is 25.0 Å². The number of benzene rings is 1. The molecule has 0 amide bonds. The molecule has 0 spiro atoms. The zero-order chi connectivity index (χ0) is 21.0. The first-order chi connectivity index (χ1) is 13.8. The Bertz CT molecular complexity index is 1000. The fourth-order valence-electron chi connectivity index (χ4n) is 2.69. The number of carbonyl (C=O) groups is 1. The number of aromatic nitrogens is 5. The third-order valence-electron chi connectivity index (χ3n) is 3.99. The SMILES string of the molecule is CC(=O)Oc1cccc(CNc2nc(NCC(C)O)nc3c2nnn3C(C)C)c1. The lowest BCUT2D eigenvalue weighted by Gasteiger charge is -2.12. The van der Waals surface area contributed by atoms with Crippen LogP contribution >= 0.6 is 0 Å². The van der Waals surface area contributed by atoms with Crippen LogP contribution in [0.2, 0.25) is 0 Å². The van der Waals surface area contributed by atoms with E-state index in [-0.39, 0.29) is 12.0 Å². The predicted molar refractivity (Wildman–Crippen MR) is 109 cm³/mol. The van der Waals surface area contributed by atoms with Gasteiger partial charge in [0.2, 0.25) is 5.95 Å². The molecule has 0 fully saturated rings. The third-order valence-corrected chi connectivity index (χ3v) is 3.99. The van der Waals surface area contributed by atoms with Gasteiger partial charge in [0, 0.05) is 20.0 Å². The molecule has 10 nitrogen and oxygen atoms in total. The van der Waals surface area contributed by atoms with Gasteiger partial charge in [-0.05, 0) is 38.5 Å². The molecular weight excluding hydrogens is 374 g/mol. The van der Waals surface area contributed by atoms with Crippen LogP contribution in [0.3, 0.4) is 0 Å². The molecule has 29 heavy (non-hydrogen) atoms. The van der Waals surface area contributed by atoms with Crippen molar-refractivity contribution in [2.75, 3.05) is 17.2 Å². The zero-order valence-corrected chi connectivity index (χ0v) is 16.9. The van der Waals surface area contributed by atoms with Gasteiger partial charge in [0.05, 0.1) is 12.1 Å². The first kappa shape index (κ1) is 20.5. The molecule has 0 aliphatic carbocycles. The summed E-state index contributed by atoms with van der Waals surface area (Å²) >= 11 is 0. The number of aliphatic hydroxyl groups is 1. The molecule has 10 heteroatoms. The van der Waals surface area contributed by atoms with Crippen LogP contribution in [0.25, 0.3) is 11.2 Å². The summed E-state index contributed by atoms with van der Waals surface area (Å²) in [5.41, 5.74) is 2.06. The van der Waals surface area contributed by atoms with Crippen LogP contribution in [0.5, 0.6) is 5.75 Å². The van der Waals surface area contributed by atoms with E-state index in [4.69, 9.17) is 4.74 Å². The van der Waals surface area contributed by atoms with Crippen molar-refractivity contribution in [3.63, 3.8) is 0 Å². The third kappa shape index (κ3) is 5.17. The molecule has 154 valence electrons. The first-order valence-corrected chi connectivity index (χ1v) is 9.39. The van der Waals surface area contributed by atoms with E-state index in [1.807, 2.05) is 26.0 Å².